The molecule has 0 unspecified atom stereocenters. The molecule has 1 aromatic heterocycles. The topological polar surface area (TPSA) is 46.2 Å². The minimum atomic E-state index is -0.104. The summed E-state index contributed by atoms with van der Waals surface area (Å²) < 4.78 is 0. The van der Waals surface area contributed by atoms with E-state index in [0.29, 0.717) is 16.3 Å². The largest absolute Gasteiger partial charge is 0.352 e. The smallest absolute Gasteiger partial charge is 0.261 e. The number of aryl methyl sites for hydroxylation is 1. The molecule has 0 fully saturated rings. The molecule has 0 saturated heterocycles. The Morgan fingerprint density at radius 1 is 1.50 bits per heavy atom. The molecule has 4 heteroatoms. The third-order valence-corrected chi connectivity index (χ3v) is 3.14. The van der Waals surface area contributed by atoms with Crippen LogP contribution in [0.4, 0.5) is 0 Å². The van der Waals surface area contributed by atoms with Crippen molar-refractivity contribution in [2.24, 2.45) is 0 Å². The van der Waals surface area contributed by atoms with Crippen LogP contribution in [0.1, 0.15) is 38.8 Å². The van der Waals surface area contributed by atoms with Crippen molar-refractivity contribution in [2.75, 3.05) is 6.54 Å². The highest BCUT2D eigenvalue weighted by Gasteiger charge is 2.13. The van der Waals surface area contributed by atoms with E-state index in [2.05, 4.69) is 5.32 Å². The standard InChI is InChI=1S/C10H13NO2S/c1-4-11-10(13)8-5-6(2)9(14-8)7(3)12/h5H,4H2,1-3H3,(H,11,13). The summed E-state index contributed by atoms with van der Waals surface area (Å²) in [6.45, 7) is 5.83. The molecule has 76 valence electrons. The molecular weight excluding hydrogens is 198 g/mol. The number of thiophene rings is 1. The fourth-order valence-electron chi connectivity index (χ4n) is 1.19. The Kier molecular flexibility index (Phi) is 3.41. The summed E-state index contributed by atoms with van der Waals surface area (Å²) in [6, 6.07) is 1.76. The SMILES string of the molecule is CCNC(=O)c1cc(C)c(C(C)=O)s1. The molecule has 0 saturated carbocycles. The van der Waals surface area contributed by atoms with Crippen LogP contribution in [0.15, 0.2) is 6.07 Å². The van der Waals surface area contributed by atoms with Crippen molar-refractivity contribution in [3.05, 3.63) is 21.4 Å². The van der Waals surface area contributed by atoms with Gasteiger partial charge in [0.1, 0.15) is 0 Å². The van der Waals surface area contributed by atoms with Crippen LogP contribution in [0.3, 0.4) is 0 Å². The lowest BCUT2D eigenvalue weighted by Crippen LogP contribution is -2.21. The normalized spacial score (nSPS) is 9.93. The Balaban J connectivity index is 2.96. The molecule has 3 nitrogen and oxygen atoms in total. The van der Waals surface area contributed by atoms with Gasteiger partial charge in [-0.3, -0.25) is 9.59 Å². The van der Waals surface area contributed by atoms with Gasteiger partial charge in [-0.05, 0) is 32.4 Å². The van der Waals surface area contributed by atoms with E-state index in [9.17, 15) is 9.59 Å². The molecule has 1 rings (SSSR count). The van der Waals surface area contributed by atoms with Crippen molar-refractivity contribution >= 4 is 23.0 Å². The van der Waals surface area contributed by atoms with Gasteiger partial charge in [0.2, 0.25) is 0 Å². The quantitative estimate of drug-likeness (QED) is 0.777. The minimum absolute atomic E-state index is 0.0167. The number of rotatable bonds is 3. The minimum Gasteiger partial charge on any atom is -0.352 e. The Morgan fingerprint density at radius 3 is 2.57 bits per heavy atom. The van der Waals surface area contributed by atoms with E-state index >= 15 is 0 Å². The molecule has 0 bridgehead atoms. The van der Waals surface area contributed by atoms with E-state index in [0.717, 1.165) is 5.56 Å². The van der Waals surface area contributed by atoms with E-state index in [-0.39, 0.29) is 11.7 Å². The van der Waals surface area contributed by atoms with Crippen LogP contribution in [-0.4, -0.2) is 18.2 Å². The number of hydrogen-bond donors (Lipinski definition) is 1. The first kappa shape index (κ1) is 10.9. The molecule has 0 aromatic carbocycles. The van der Waals surface area contributed by atoms with Gasteiger partial charge >= 0.3 is 0 Å². The first-order valence-electron chi connectivity index (χ1n) is 4.45. The van der Waals surface area contributed by atoms with E-state index in [1.54, 1.807) is 6.07 Å². The van der Waals surface area contributed by atoms with Crippen LogP contribution in [0.2, 0.25) is 0 Å². The van der Waals surface area contributed by atoms with E-state index < -0.39 is 0 Å². The second-order valence-corrected chi connectivity index (χ2v) is 4.09. The zero-order chi connectivity index (χ0) is 10.7. The summed E-state index contributed by atoms with van der Waals surface area (Å²) >= 11 is 1.25. The highest BCUT2D eigenvalue weighted by atomic mass is 32.1. The van der Waals surface area contributed by atoms with Crippen LogP contribution < -0.4 is 5.32 Å². The van der Waals surface area contributed by atoms with Gasteiger partial charge in [0, 0.05) is 6.54 Å². The van der Waals surface area contributed by atoms with Crippen molar-refractivity contribution in [1.29, 1.82) is 0 Å². The first-order chi connectivity index (χ1) is 6.56. The van der Waals surface area contributed by atoms with Crippen LogP contribution in [0, 0.1) is 6.92 Å². The van der Waals surface area contributed by atoms with E-state index in [4.69, 9.17) is 0 Å². The van der Waals surface area contributed by atoms with Gasteiger partial charge in [0.05, 0.1) is 9.75 Å². The maximum Gasteiger partial charge on any atom is 0.261 e. The molecule has 14 heavy (non-hydrogen) atoms. The Bertz CT molecular complexity index is 368. The number of nitrogens with one attached hydrogen (secondary N) is 1. The van der Waals surface area contributed by atoms with Crippen molar-refractivity contribution in [2.45, 2.75) is 20.8 Å². The lowest BCUT2D eigenvalue weighted by Gasteiger charge is -1.96. The third kappa shape index (κ3) is 2.20. The number of Topliss-reactive ketones (excluding diaryl/α,β-unsaturated/α-hetero) is 1. The van der Waals surface area contributed by atoms with Crippen molar-refractivity contribution in [3.8, 4) is 0 Å². The van der Waals surface area contributed by atoms with Crippen molar-refractivity contribution in [3.63, 3.8) is 0 Å². The highest BCUT2D eigenvalue weighted by Crippen LogP contribution is 2.22. The zero-order valence-corrected chi connectivity index (χ0v) is 9.33. The molecule has 0 spiro atoms. The summed E-state index contributed by atoms with van der Waals surface area (Å²) in [7, 11) is 0. The van der Waals surface area contributed by atoms with Crippen LogP contribution in [0.5, 0.6) is 0 Å². The molecule has 1 amide bonds. The number of carbonyl (C=O) groups is 2. The number of amides is 1. The lowest BCUT2D eigenvalue weighted by atomic mass is 10.2. The van der Waals surface area contributed by atoms with Crippen molar-refractivity contribution in [1.82, 2.24) is 5.32 Å². The fourth-order valence-corrected chi connectivity index (χ4v) is 2.18. The van der Waals surface area contributed by atoms with Gasteiger partial charge in [-0.1, -0.05) is 0 Å². The van der Waals surface area contributed by atoms with E-state index in [1.165, 1.54) is 18.3 Å². The number of hydrogen-bond acceptors (Lipinski definition) is 3. The van der Waals surface area contributed by atoms with Gasteiger partial charge in [0.15, 0.2) is 5.78 Å². The monoisotopic (exact) mass is 211 g/mol. The molecule has 0 radical (unpaired) electrons. The van der Waals surface area contributed by atoms with E-state index in [1.807, 2.05) is 13.8 Å². The van der Waals surface area contributed by atoms with Gasteiger partial charge in [-0.25, -0.2) is 0 Å². The average Bonchev–Trinajstić information content (AvgIpc) is 2.48. The predicted molar refractivity (Wildman–Crippen MR) is 57.1 cm³/mol. The van der Waals surface area contributed by atoms with Gasteiger partial charge in [0.25, 0.3) is 5.91 Å². The summed E-state index contributed by atoms with van der Waals surface area (Å²) in [5.74, 6) is -0.0869. The molecule has 0 aliphatic rings. The van der Waals surface area contributed by atoms with Crippen LogP contribution in [0.25, 0.3) is 0 Å². The number of ketones is 1. The highest BCUT2D eigenvalue weighted by molar-refractivity contribution is 7.16. The van der Waals surface area contributed by atoms with Crippen LogP contribution in [-0.2, 0) is 0 Å². The molecule has 0 aliphatic carbocycles. The summed E-state index contributed by atoms with van der Waals surface area (Å²) in [4.78, 5) is 23.8. The molecule has 0 aliphatic heterocycles. The van der Waals surface area contributed by atoms with Gasteiger partial charge in [-0.15, -0.1) is 11.3 Å². The average molecular weight is 211 g/mol. The molecule has 1 aromatic rings. The Hall–Kier alpha value is -1.16. The Labute approximate surface area is 87.1 Å². The fraction of sp³-hybridized carbons (Fsp3) is 0.400. The summed E-state index contributed by atoms with van der Waals surface area (Å²) in [6.07, 6.45) is 0. The van der Waals surface area contributed by atoms with Crippen molar-refractivity contribution < 1.29 is 9.59 Å². The molecule has 0 atom stereocenters. The predicted octanol–water partition coefficient (Wildman–Crippen LogP) is 2.01. The summed E-state index contributed by atoms with van der Waals surface area (Å²) in [5.41, 5.74) is 0.878. The van der Waals surface area contributed by atoms with Crippen LogP contribution >= 0.6 is 11.3 Å². The second kappa shape index (κ2) is 4.37. The van der Waals surface area contributed by atoms with Gasteiger partial charge in [-0.2, -0.15) is 0 Å². The van der Waals surface area contributed by atoms with Gasteiger partial charge < -0.3 is 5.32 Å². The number of carbonyl (C=O) groups excluding carboxylic acids is 2. The maximum absolute atomic E-state index is 11.4. The lowest BCUT2D eigenvalue weighted by molar-refractivity contribution is 0.0959. The molecular formula is C10H13NO2S. The Morgan fingerprint density at radius 2 is 2.14 bits per heavy atom. The molecule has 1 N–H and O–H groups in total. The maximum atomic E-state index is 11.4. The molecule has 1 heterocycles. The summed E-state index contributed by atoms with van der Waals surface area (Å²) in [5, 5.41) is 2.70. The third-order valence-electron chi connectivity index (χ3n) is 1.80. The first-order valence-corrected chi connectivity index (χ1v) is 5.27. The zero-order valence-electron chi connectivity index (χ0n) is 8.51. The second-order valence-electron chi connectivity index (χ2n) is 3.04.